The molecule has 1 heterocycles. The molecule has 0 aromatic heterocycles. The fourth-order valence-electron chi connectivity index (χ4n) is 4.09. The maximum Gasteiger partial charge on any atom is 0.160 e. The fourth-order valence-corrected chi connectivity index (χ4v) is 4.09. The largest absolute Gasteiger partial charge is 0.504 e. The molecule has 3 atom stereocenters. The lowest BCUT2D eigenvalue weighted by atomic mass is 9.73. The molecule has 0 fully saturated rings. The van der Waals surface area contributed by atoms with Gasteiger partial charge in [0.25, 0.3) is 0 Å². The summed E-state index contributed by atoms with van der Waals surface area (Å²) in [6.07, 6.45) is 0. The fraction of sp³-hybridized carbons (Fsp3) is 0.217. The van der Waals surface area contributed by atoms with Gasteiger partial charge in [0.15, 0.2) is 11.5 Å². The lowest BCUT2D eigenvalue weighted by Crippen LogP contribution is -2.30. The normalized spacial score (nSPS) is 21.5. The van der Waals surface area contributed by atoms with Gasteiger partial charge in [0.05, 0.1) is 13.2 Å². The minimum absolute atomic E-state index is 0.172. The Morgan fingerprint density at radius 1 is 0.885 bits per heavy atom. The molecular formula is C23H23NO2. The summed E-state index contributed by atoms with van der Waals surface area (Å²) in [6.45, 7) is 2.28. The monoisotopic (exact) mass is 345 g/mol. The van der Waals surface area contributed by atoms with Crippen molar-refractivity contribution in [3.8, 4) is 11.5 Å². The van der Waals surface area contributed by atoms with E-state index in [1.165, 1.54) is 11.1 Å². The number of aromatic hydroxyl groups is 1. The maximum absolute atomic E-state index is 9.99. The highest BCUT2D eigenvalue weighted by Crippen LogP contribution is 2.48. The van der Waals surface area contributed by atoms with Crippen molar-refractivity contribution in [2.24, 2.45) is 5.92 Å². The van der Waals surface area contributed by atoms with Crippen LogP contribution in [0.3, 0.4) is 0 Å². The highest BCUT2D eigenvalue weighted by atomic mass is 16.5. The first-order valence-electron chi connectivity index (χ1n) is 8.96. The molecule has 26 heavy (non-hydrogen) atoms. The van der Waals surface area contributed by atoms with Crippen LogP contribution in [0.5, 0.6) is 11.5 Å². The molecule has 0 saturated carbocycles. The van der Waals surface area contributed by atoms with E-state index in [2.05, 4.69) is 60.8 Å². The van der Waals surface area contributed by atoms with Gasteiger partial charge >= 0.3 is 0 Å². The molecule has 3 aromatic rings. The van der Waals surface area contributed by atoms with E-state index in [0.717, 1.165) is 11.3 Å². The van der Waals surface area contributed by atoms with Gasteiger partial charge in [0.1, 0.15) is 0 Å². The first kappa shape index (κ1) is 16.5. The lowest BCUT2D eigenvalue weighted by Gasteiger charge is -2.39. The molecule has 132 valence electrons. The van der Waals surface area contributed by atoms with Crippen molar-refractivity contribution in [3.05, 3.63) is 89.5 Å². The highest BCUT2D eigenvalue weighted by Gasteiger charge is 2.35. The van der Waals surface area contributed by atoms with Gasteiger partial charge in [-0.25, -0.2) is 0 Å². The van der Waals surface area contributed by atoms with Crippen LogP contribution in [0.25, 0.3) is 0 Å². The number of fused-ring (bicyclic) bond motifs is 1. The number of hydrogen-bond donors (Lipinski definition) is 2. The van der Waals surface area contributed by atoms with Crippen LogP contribution >= 0.6 is 0 Å². The van der Waals surface area contributed by atoms with Crippen molar-refractivity contribution in [1.29, 1.82) is 0 Å². The molecule has 0 aliphatic carbocycles. The molecule has 0 amide bonds. The topological polar surface area (TPSA) is 41.5 Å². The van der Waals surface area contributed by atoms with Gasteiger partial charge in [-0.1, -0.05) is 61.5 Å². The van der Waals surface area contributed by atoms with Gasteiger partial charge < -0.3 is 15.2 Å². The van der Waals surface area contributed by atoms with Crippen LogP contribution in [-0.2, 0) is 0 Å². The average Bonchev–Trinajstić information content (AvgIpc) is 2.69. The van der Waals surface area contributed by atoms with Crippen molar-refractivity contribution in [3.63, 3.8) is 0 Å². The summed E-state index contributed by atoms with van der Waals surface area (Å²) >= 11 is 0. The Hall–Kier alpha value is -2.94. The molecule has 2 N–H and O–H groups in total. The van der Waals surface area contributed by atoms with Crippen LogP contribution in [0.15, 0.2) is 72.8 Å². The summed E-state index contributed by atoms with van der Waals surface area (Å²) < 4.78 is 5.35. The average molecular weight is 345 g/mol. The molecule has 3 nitrogen and oxygen atoms in total. The second-order valence-electron chi connectivity index (χ2n) is 6.89. The molecule has 0 spiro atoms. The smallest absolute Gasteiger partial charge is 0.160 e. The molecule has 0 radical (unpaired) electrons. The van der Waals surface area contributed by atoms with Crippen LogP contribution in [0.2, 0.25) is 0 Å². The molecule has 0 unspecified atom stereocenters. The Morgan fingerprint density at radius 3 is 2.38 bits per heavy atom. The first-order valence-corrected chi connectivity index (χ1v) is 8.96. The van der Waals surface area contributed by atoms with Gasteiger partial charge in [-0.2, -0.15) is 0 Å². The Labute approximate surface area is 154 Å². The number of anilines is 1. The maximum atomic E-state index is 9.99. The molecule has 3 heteroatoms. The summed E-state index contributed by atoms with van der Waals surface area (Å²) in [5.41, 5.74) is 4.88. The Morgan fingerprint density at radius 2 is 1.62 bits per heavy atom. The first-order chi connectivity index (χ1) is 12.7. The number of hydrogen-bond acceptors (Lipinski definition) is 3. The quantitative estimate of drug-likeness (QED) is 0.673. The van der Waals surface area contributed by atoms with Gasteiger partial charge in [0, 0.05) is 11.6 Å². The summed E-state index contributed by atoms with van der Waals surface area (Å²) in [5.74, 6) is 1.24. The van der Waals surface area contributed by atoms with E-state index in [4.69, 9.17) is 4.74 Å². The Kier molecular flexibility index (Phi) is 4.29. The molecular weight excluding hydrogens is 322 g/mol. The molecule has 1 aliphatic rings. The zero-order valence-corrected chi connectivity index (χ0v) is 15.0. The van der Waals surface area contributed by atoms with Gasteiger partial charge in [-0.05, 0) is 40.8 Å². The third kappa shape index (κ3) is 2.80. The Bertz CT molecular complexity index is 907. The number of phenolic OH excluding ortho intramolecular Hbond substituents is 1. The van der Waals surface area contributed by atoms with Crippen molar-refractivity contribution in [2.75, 3.05) is 12.4 Å². The van der Waals surface area contributed by atoms with Crippen molar-refractivity contribution in [2.45, 2.75) is 18.9 Å². The lowest BCUT2D eigenvalue weighted by molar-refractivity contribution is 0.370. The predicted molar refractivity (Wildman–Crippen MR) is 105 cm³/mol. The van der Waals surface area contributed by atoms with Crippen LogP contribution in [-0.4, -0.2) is 12.2 Å². The zero-order valence-electron chi connectivity index (χ0n) is 15.0. The third-order valence-corrected chi connectivity index (χ3v) is 5.38. The third-order valence-electron chi connectivity index (χ3n) is 5.38. The second kappa shape index (κ2) is 6.75. The second-order valence-corrected chi connectivity index (χ2v) is 6.89. The summed E-state index contributed by atoms with van der Waals surface area (Å²) in [5, 5.41) is 13.7. The van der Waals surface area contributed by atoms with Gasteiger partial charge in [-0.3, -0.25) is 0 Å². The van der Waals surface area contributed by atoms with Crippen LogP contribution in [0.4, 0.5) is 5.69 Å². The van der Waals surface area contributed by atoms with E-state index in [-0.39, 0.29) is 17.7 Å². The van der Waals surface area contributed by atoms with E-state index in [9.17, 15) is 5.11 Å². The summed E-state index contributed by atoms with van der Waals surface area (Å²) in [7, 11) is 1.59. The number of ether oxygens (including phenoxy) is 1. The molecule has 1 aliphatic heterocycles. The molecule has 4 rings (SSSR count). The number of phenols is 1. The predicted octanol–water partition coefficient (Wildman–Crippen LogP) is 5.34. The van der Waals surface area contributed by atoms with Crippen LogP contribution < -0.4 is 10.1 Å². The summed E-state index contributed by atoms with van der Waals surface area (Å²) in [6, 6.07) is 25.0. The van der Waals surface area contributed by atoms with E-state index in [1.807, 2.05) is 18.2 Å². The number of benzene rings is 3. The van der Waals surface area contributed by atoms with E-state index in [0.29, 0.717) is 11.7 Å². The van der Waals surface area contributed by atoms with Crippen molar-refractivity contribution >= 4 is 5.69 Å². The number of nitrogens with one attached hydrogen (secondary N) is 1. The van der Waals surface area contributed by atoms with Crippen molar-refractivity contribution < 1.29 is 9.84 Å². The van der Waals surface area contributed by atoms with Gasteiger partial charge in [-0.15, -0.1) is 0 Å². The highest BCUT2D eigenvalue weighted by molar-refractivity contribution is 5.60. The van der Waals surface area contributed by atoms with E-state index >= 15 is 0 Å². The molecule has 3 aromatic carbocycles. The van der Waals surface area contributed by atoms with Gasteiger partial charge in [0.2, 0.25) is 0 Å². The number of methoxy groups -OCH3 is 1. The standard InChI is InChI=1S/C23H23NO2/c1-15-22(17-12-13-20(25)21(14-17)26-2)18-10-6-7-11-19(18)24-23(15)16-8-4-3-5-9-16/h3-15,22-25H,1-2H3/t15-,22+,23-/m1/s1. The minimum Gasteiger partial charge on any atom is -0.504 e. The summed E-state index contributed by atoms with van der Waals surface area (Å²) in [4.78, 5) is 0. The number of para-hydroxylation sites is 1. The number of rotatable bonds is 3. The Balaban J connectivity index is 1.84. The van der Waals surface area contributed by atoms with Crippen LogP contribution in [0, 0.1) is 5.92 Å². The molecule has 0 saturated heterocycles. The van der Waals surface area contributed by atoms with Crippen LogP contribution in [0.1, 0.15) is 35.6 Å². The minimum atomic E-state index is 0.172. The zero-order chi connectivity index (χ0) is 18.1. The van der Waals surface area contributed by atoms with Crippen molar-refractivity contribution in [1.82, 2.24) is 0 Å². The van der Waals surface area contributed by atoms with E-state index in [1.54, 1.807) is 13.2 Å². The SMILES string of the molecule is COc1cc([C@H]2c3ccccc3N[C@@H](c3ccccc3)[C@@H]2C)ccc1O. The molecule has 0 bridgehead atoms. The van der Waals surface area contributed by atoms with E-state index < -0.39 is 0 Å².